The lowest BCUT2D eigenvalue weighted by atomic mass is 9.96. The molecule has 122 valence electrons. The molecule has 1 aromatic heterocycles. The fraction of sp³-hybridized carbons (Fsp3) is 0.375. The summed E-state index contributed by atoms with van der Waals surface area (Å²) in [6.07, 6.45) is 3.52. The number of phenolic OH excluding ortho intramolecular Hbond substituents is 1. The topological polar surface area (TPSA) is 67.6 Å². The van der Waals surface area contributed by atoms with Gasteiger partial charge in [-0.1, -0.05) is 6.07 Å². The Bertz CT molecular complexity index is 726. The van der Waals surface area contributed by atoms with Crippen LogP contribution in [0.15, 0.2) is 30.6 Å². The molecule has 0 aliphatic carbocycles. The number of nitrogens with zero attached hydrogens (tertiary/aromatic N) is 3. The van der Waals surface area contributed by atoms with E-state index in [0.717, 1.165) is 11.6 Å². The summed E-state index contributed by atoms with van der Waals surface area (Å²) >= 11 is 0. The first-order valence-corrected chi connectivity index (χ1v) is 7.30. The Hall–Kier alpha value is -2.41. The summed E-state index contributed by atoms with van der Waals surface area (Å²) in [6.45, 7) is 2.78. The molecule has 0 unspecified atom stereocenters. The Morgan fingerprint density at radius 3 is 2.91 bits per heavy atom. The maximum atomic E-state index is 13.9. The van der Waals surface area contributed by atoms with Crippen LogP contribution in [0.3, 0.4) is 0 Å². The lowest BCUT2D eigenvalue weighted by Gasteiger charge is -2.40. The number of benzene rings is 1. The van der Waals surface area contributed by atoms with E-state index in [1.54, 1.807) is 17.9 Å². The fourth-order valence-electron chi connectivity index (χ4n) is 2.79. The van der Waals surface area contributed by atoms with Crippen molar-refractivity contribution in [1.29, 1.82) is 0 Å². The van der Waals surface area contributed by atoms with Crippen molar-refractivity contribution in [3.8, 4) is 5.75 Å². The highest BCUT2D eigenvalue weighted by molar-refractivity contribution is 5.97. The van der Waals surface area contributed by atoms with E-state index in [4.69, 9.17) is 4.74 Å². The third-order valence-corrected chi connectivity index (χ3v) is 4.08. The van der Waals surface area contributed by atoms with Crippen LogP contribution in [0.2, 0.25) is 0 Å². The number of amides is 1. The molecule has 1 aliphatic heterocycles. The number of halogens is 1. The summed E-state index contributed by atoms with van der Waals surface area (Å²) < 4.78 is 21.4. The maximum Gasteiger partial charge on any atom is 0.260 e. The number of aryl methyl sites for hydroxylation is 1. The number of carbonyl (C=O) groups excluding carboxylic acids is 1. The van der Waals surface area contributed by atoms with Crippen molar-refractivity contribution in [2.45, 2.75) is 12.5 Å². The second-order valence-electron chi connectivity index (χ2n) is 5.84. The Morgan fingerprint density at radius 1 is 1.48 bits per heavy atom. The predicted octanol–water partition coefficient (Wildman–Crippen LogP) is 1.65. The van der Waals surface area contributed by atoms with Crippen LogP contribution in [-0.2, 0) is 17.4 Å². The van der Waals surface area contributed by atoms with E-state index in [9.17, 15) is 14.3 Å². The summed E-state index contributed by atoms with van der Waals surface area (Å²) in [5.74, 6) is -1.63. The van der Waals surface area contributed by atoms with Crippen LogP contribution in [0.25, 0.3) is 0 Å². The number of hydrogen-bond donors (Lipinski definition) is 1. The smallest absolute Gasteiger partial charge is 0.260 e. The molecule has 1 amide bonds. The highest BCUT2D eigenvalue weighted by Crippen LogP contribution is 2.31. The van der Waals surface area contributed by atoms with Gasteiger partial charge in [-0.15, -0.1) is 0 Å². The molecule has 0 bridgehead atoms. The second-order valence-corrected chi connectivity index (χ2v) is 5.84. The average Bonchev–Trinajstić information content (AvgIpc) is 2.94. The highest BCUT2D eigenvalue weighted by Gasteiger charge is 2.38. The zero-order chi connectivity index (χ0) is 16.6. The molecular formula is C16H18FN3O3. The molecular weight excluding hydrogens is 301 g/mol. The predicted molar refractivity (Wildman–Crippen MR) is 80.5 cm³/mol. The van der Waals surface area contributed by atoms with E-state index in [1.165, 1.54) is 17.0 Å². The van der Waals surface area contributed by atoms with Gasteiger partial charge in [0.1, 0.15) is 22.7 Å². The molecule has 1 atom stereocenters. The van der Waals surface area contributed by atoms with Crippen LogP contribution in [0, 0.1) is 5.82 Å². The van der Waals surface area contributed by atoms with E-state index >= 15 is 0 Å². The molecule has 0 saturated carbocycles. The summed E-state index contributed by atoms with van der Waals surface area (Å²) in [7, 11) is 1.80. The fourth-order valence-corrected chi connectivity index (χ4v) is 2.79. The highest BCUT2D eigenvalue weighted by atomic mass is 19.1. The van der Waals surface area contributed by atoms with Crippen molar-refractivity contribution < 1.29 is 19.0 Å². The standard InChI is InChI=1S/C16H18FN3O3/c1-16(11-8-18-19(2)9-11)10-20(6-7-23-16)15(22)14-12(17)4-3-5-13(14)21/h3-5,8-9,21H,6-7,10H2,1-2H3/t16-/m1/s1. The van der Waals surface area contributed by atoms with Crippen molar-refractivity contribution in [3.63, 3.8) is 0 Å². The summed E-state index contributed by atoms with van der Waals surface area (Å²) in [5, 5.41) is 13.9. The van der Waals surface area contributed by atoms with E-state index in [-0.39, 0.29) is 17.9 Å². The van der Waals surface area contributed by atoms with Crippen LogP contribution in [0.5, 0.6) is 5.75 Å². The lowest BCUT2D eigenvalue weighted by Crippen LogP contribution is -2.50. The molecule has 6 nitrogen and oxygen atoms in total. The molecule has 1 N–H and O–H groups in total. The number of morpholine rings is 1. The Morgan fingerprint density at radius 2 is 2.26 bits per heavy atom. The molecule has 1 aromatic carbocycles. The van der Waals surface area contributed by atoms with Gasteiger partial charge < -0.3 is 14.7 Å². The largest absolute Gasteiger partial charge is 0.507 e. The monoisotopic (exact) mass is 319 g/mol. The molecule has 1 saturated heterocycles. The summed E-state index contributed by atoms with van der Waals surface area (Å²) in [4.78, 5) is 14.1. The average molecular weight is 319 g/mol. The van der Waals surface area contributed by atoms with Crippen LogP contribution >= 0.6 is 0 Å². The van der Waals surface area contributed by atoms with Crippen LogP contribution in [0.4, 0.5) is 4.39 Å². The molecule has 7 heteroatoms. The van der Waals surface area contributed by atoms with Gasteiger partial charge >= 0.3 is 0 Å². The first kappa shape index (κ1) is 15.5. The van der Waals surface area contributed by atoms with Crippen molar-refractivity contribution in [2.75, 3.05) is 19.7 Å². The minimum Gasteiger partial charge on any atom is -0.507 e. The van der Waals surface area contributed by atoms with E-state index in [1.807, 2.05) is 13.1 Å². The van der Waals surface area contributed by atoms with E-state index in [0.29, 0.717) is 13.2 Å². The molecule has 2 aromatic rings. The van der Waals surface area contributed by atoms with Crippen molar-refractivity contribution in [2.24, 2.45) is 7.05 Å². The third kappa shape index (κ3) is 2.79. The second kappa shape index (κ2) is 5.66. The van der Waals surface area contributed by atoms with Crippen molar-refractivity contribution in [3.05, 3.63) is 47.5 Å². The first-order valence-electron chi connectivity index (χ1n) is 7.30. The molecule has 0 spiro atoms. The summed E-state index contributed by atoms with van der Waals surface area (Å²) in [6, 6.07) is 3.82. The van der Waals surface area contributed by atoms with Crippen LogP contribution < -0.4 is 0 Å². The Balaban J connectivity index is 1.88. The van der Waals surface area contributed by atoms with E-state index < -0.39 is 17.3 Å². The molecule has 1 fully saturated rings. The zero-order valence-electron chi connectivity index (χ0n) is 13.0. The van der Waals surface area contributed by atoms with Crippen LogP contribution in [0.1, 0.15) is 22.8 Å². The number of phenols is 1. The van der Waals surface area contributed by atoms with Gasteiger partial charge in [-0.2, -0.15) is 5.10 Å². The van der Waals surface area contributed by atoms with Gasteiger partial charge in [0.25, 0.3) is 5.91 Å². The van der Waals surface area contributed by atoms with Gasteiger partial charge in [0.2, 0.25) is 0 Å². The van der Waals surface area contributed by atoms with Gasteiger partial charge in [-0.25, -0.2) is 4.39 Å². The Kier molecular flexibility index (Phi) is 3.81. The van der Waals surface area contributed by atoms with Crippen molar-refractivity contribution in [1.82, 2.24) is 14.7 Å². The van der Waals surface area contributed by atoms with Crippen LogP contribution in [-0.4, -0.2) is 45.4 Å². The van der Waals surface area contributed by atoms with Gasteiger partial charge in [0.05, 0.1) is 19.3 Å². The molecule has 0 radical (unpaired) electrons. The number of ether oxygens (including phenoxy) is 1. The molecule has 3 rings (SSSR count). The molecule has 2 heterocycles. The molecule has 23 heavy (non-hydrogen) atoms. The van der Waals surface area contributed by atoms with E-state index in [2.05, 4.69) is 5.10 Å². The third-order valence-electron chi connectivity index (χ3n) is 4.08. The zero-order valence-corrected chi connectivity index (χ0v) is 13.0. The number of carbonyl (C=O) groups is 1. The van der Waals surface area contributed by atoms with Gasteiger partial charge in [-0.3, -0.25) is 9.48 Å². The number of rotatable bonds is 2. The Labute approximate surface area is 133 Å². The van der Waals surface area contributed by atoms with Gasteiger partial charge in [0.15, 0.2) is 0 Å². The quantitative estimate of drug-likeness (QED) is 0.914. The summed E-state index contributed by atoms with van der Waals surface area (Å²) in [5.41, 5.74) is -0.179. The maximum absolute atomic E-state index is 13.9. The number of aromatic nitrogens is 2. The minimum atomic E-state index is -0.732. The number of aromatic hydroxyl groups is 1. The van der Waals surface area contributed by atoms with Crippen molar-refractivity contribution >= 4 is 5.91 Å². The lowest BCUT2D eigenvalue weighted by molar-refractivity contribution is -0.0932. The van der Waals surface area contributed by atoms with Gasteiger partial charge in [0, 0.05) is 25.4 Å². The number of hydrogen-bond acceptors (Lipinski definition) is 4. The first-order chi connectivity index (χ1) is 10.9. The SMILES string of the molecule is Cn1cc([C@@]2(C)CN(C(=O)c3c(O)cccc3F)CCO2)cn1. The molecule has 1 aliphatic rings. The van der Waals surface area contributed by atoms with Gasteiger partial charge in [-0.05, 0) is 19.1 Å². The minimum absolute atomic E-state index is 0.255. The normalized spacial score (nSPS) is 21.4.